The van der Waals surface area contributed by atoms with Crippen molar-refractivity contribution in [2.75, 3.05) is 23.8 Å². The zero-order chi connectivity index (χ0) is 57.8. The highest BCUT2D eigenvalue weighted by atomic mass is 127. The summed E-state index contributed by atoms with van der Waals surface area (Å²) in [7, 11) is 1.73. The van der Waals surface area contributed by atoms with E-state index in [9.17, 15) is 42.3 Å². The number of unbranched alkanes of at least 4 members (excludes halogenated alkanes) is 1. The third-order valence-electron chi connectivity index (χ3n) is 10.2. The normalized spacial score (nSPS) is 15.6. The van der Waals surface area contributed by atoms with Crippen molar-refractivity contribution in [3.63, 3.8) is 0 Å². The van der Waals surface area contributed by atoms with E-state index in [0.29, 0.717) is 36.0 Å². The molecule has 2 aromatic heterocycles. The van der Waals surface area contributed by atoms with Crippen LogP contribution in [0.3, 0.4) is 0 Å². The summed E-state index contributed by atoms with van der Waals surface area (Å²) in [6, 6.07) is 7.96. The Bertz CT molecular complexity index is 2680. The zero-order valence-electron chi connectivity index (χ0n) is 46.4. The lowest BCUT2D eigenvalue weighted by atomic mass is 9.84. The van der Waals surface area contributed by atoms with Gasteiger partial charge in [0.25, 0.3) is 23.7 Å². The Hall–Kier alpha value is -6.24. The Kier molecular flexibility index (Phi) is 23.3. The van der Waals surface area contributed by atoms with E-state index < -0.39 is 112 Å². The number of oxime groups is 1. The van der Waals surface area contributed by atoms with E-state index in [4.69, 9.17) is 28.5 Å². The molecule has 3 aromatic rings. The third kappa shape index (κ3) is 21.5. The summed E-state index contributed by atoms with van der Waals surface area (Å²) < 4.78 is 56.3. The van der Waals surface area contributed by atoms with Crippen molar-refractivity contribution < 1.29 is 104 Å². The molecular formula is C50H71IN9O16S2-. The lowest BCUT2D eigenvalue weighted by molar-refractivity contribution is -0.656. The molecule has 6 amide bonds. The molecule has 432 valence electrons. The molecule has 1 saturated heterocycles. The number of carbonyl (C=O) groups excluding carboxylic acids is 7. The number of benzene rings is 1. The number of ether oxygens (including phenoxy) is 5. The molecule has 0 aliphatic carbocycles. The van der Waals surface area contributed by atoms with Gasteiger partial charge in [0.1, 0.15) is 63.9 Å². The number of aromatic nitrogens is 2. The van der Waals surface area contributed by atoms with Crippen LogP contribution in [0.1, 0.15) is 122 Å². The molecule has 78 heavy (non-hydrogen) atoms. The van der Waals surface area contributed by atoms with E-state index in [-0.39, 0.29) is 41.2 Å². The summed E-state index contributed by atoms with van der Waals surface area (Å²) in [5.41, 5.74) is -3.88. The molecule has 0 radical (unpaired) electrons. The Labute approximate surface area is 477 Å². The molecule has 3 heterocycles. The number of carbonyl (C=O) groups is 7. The van der Waals surface area contributed by atoms with Crippen LogP contribution in [0.4, 0.5) is 25.3 Å². The van der Waals surface area contributed by atoms with Gasteiger partial charge in [-0.2, -0.15) is 9.35 Å². The van der Waals surface area contributed by atoms with Crippen LogP contribution in [0.2, 0.25) is 0 Å². The monoisotopic (exact) mass is 1240 g/mol. The minimum absolute atomic E-state index is 0. The number of nitrogens with zero attached hydrogens (tertiary/aromatic N) is 4. The minimum atomic E-state index is -3.09. The van der Waals surface area contributed by atoms with Gasteiger partial charge in [-0.3, -0.25) is 14.9 Å². The molecule has 0 spiro atoms. The van der Waals surface area contributed by atoms with Gasteiger partial charge < -0.3 is 73.0 Å². The number of aryl methyl sites for hydroxylation is 1. The molecule has 0 saturated carbocycles. The first kappa shape index (κ1) is 66.0. The summed E-state index contributed by atoms with van der Waals surface area (Å²) in [4.78, 5) is 101. The molecule has 1 aliphatic heterocycles. The molecule has 4 atom stereocenters. The topological polar surface area (TPSA) is 317 Å². The van der Waals surface area contributed by atoms with Crippen molar-refractivity contribution in [3.8, 4) is 16.9 Å². The SMILES string of the molecule is C[n+]1cc(-c2ccc(OC[C@H](O/N=C(\C(=O)N[C@@H]3C(=O)N(OS(=O)[O-])C3(C)C)c3csc(NC(=O)OC(C)(C)C)n3)C(=O)OC(C)(C)C)cc2)ccc1NC(=O)[C@H](CCCCNC(=O)OC(C)(C)C)NC(=O)OC(C)(C)C.[I-]. The van der Waals surface area contributed by atoms with Gasteiger partial charge in [0.05, 0.1) is 18.8 Å². The second-order valence-electron chi connectivity index (χ2n) is 22.1. The summed E-state index contributed by atoms with van der Waals surface area (Å²) >= 11 is -2.19. The maximum Gasteiger partial charge on any atom is 0.413 e. The molecule has 5 N–H and O–H groups in total. The maximum absolute atomic E-state index is 14.0. The average molecular weight is 1250 g/mol. The first-order valence-electron chi connectivity index (χ1n) is 24.4. The van der Waals surface area contributed by atoms with E-state index in [1.807, 2.05) is 0 Å². The van der Waals surface area contributed by atoms with Gasteiger partial charge in [-0.15, -0.1) is 11.3 Å². The van der Waals surface area contributed by atoms with Crippen LogP contribution in [0.5, 0.6) is 5.75 Å². The fourth-order valence-electron chi connectivity index (χ4n) is 6.78. The quantitative estimate of drug-likeness (QED) is 0.0118. The highest BCUT2D eigenvalue weighted by molar-refractivity contribution is 7.74. The number of anilines is 2. The van der Waals surface area contributed by atoms with Crippen LogP contribution in [0.25, 0.3) is 11.1 Å². The lowest BCUT2D eigenvalue weighted by Gasteiger charge is -2.51. The van der Waals surface area contributed by atoms with Crippen molar-refractivity contribution in [3.05, 3.63) is 53.7 Å². The Morgan fingerprint density at radius 1 is 0.821 bits per heavy atom. The van der Waals surface area contributed by atoms with E-state index in [2.05, 4.69) is 41.0 Å². The highest BCUT2D eigenvalue weighted by Gasteiger charge is 2.57. The standard InChI is InChI=1S/C50H71N9O16S2.HI/c1-46(2,3)70-41(63)34(74-57-36(33-28-76-42(52-33)56-45(66)73-49(10,11)12)39(61)55-37-40(62)59(50(37,13)14)75-77(67)68)27-69-31-22-19-29(20-23-31)30-21-24-35(58(15)26-30)54-38(60)32(53-44(65)72-48(7,8)9)18-16-17-25-51-43(64)71-47(4,5)6;/h19-24,26,28,32,34,37H,16-18,25,27H2,1-15H3,(H5,51,52,53,55,56,61,64,65,66,67,68);1H/p-1/b57-36-;/t32-,34-,37+;/m0./s1. The number of amides is 6. The fraction of sp³-hybridized carbons (Fsp3) is 0.560. The number of hydrogen-bond donors (Lipinski definition) is 5. The number of thiazole rings is 1. The average Bonchev–Trinajstić information content (AvgIpc) is 3.73. The zero-order valence-corrected chi connectivity index (χ0v) is 50.2. The molecule has 0 bridgehead atoms. The highest BCUT2D eigenvalue weighted by Crippen LogP contribution is 2.33. The predicted molar refractivity (Wildman–Crippen MR) is 281 cm³/mol. The Morgan fingerprint density at radius 3 is 1.96 bits per heavy atom. The van der Waals surface area contributed by atoms with E-state index in [1.165, 1.54) is 19.2 Å². The number of rotatable bonds is 21. The summed E-state index contributed by atoms with van der Waals surface area (Å²) in [6.45, 7) is 23.0. The van der Waals surface area contributed by atoms with Crippen molar-refractivity contribution in [1.29, 1.82) is 0 Å². The molecular weight excluding hydrogens is 1170 g/mol. The van der Waals surface area contributed by atoms with Gasteiger partial charge in [-0.05, 0) is 140 Å². The number of hydrogen-bond acceptors (Lipinski definition) is 19. The second kappa shape index (κ2) is 27.6. The lowest BCUT2D eigenvalue weighted by Crippen LogP contribution is -3.00. The summed E-state index contributed by atoms with van der Waals surface area (Å²) in [5.74, 6) is -2.62. The number of hydroxylamine groups is 2. The van der Waals surface area contributed by atoms with E-state index >= 15 is 0 Å². The van der Waals surface area contributed by atoms with Crippen LogP contribution < -0.4 is 59.9 Å². The molecule has 1 aromatic carbocycles. The fourth-order valence-corrected chi connectivity index (χ4v) is 7.85. The molecule has 4 rings (SSSR count). The van der Waals surface area contributed by atoms with Gasteiger partial charge in [-0.1, -0.05) is 17.3 Å². The molecule has 1 aliphatic rings. The Balaban J connectivity index is 0.0000160. The second-order valence-corrected chi connectivity index (χ2v) is 23.5. The molecule has 25 nitrogen and oxygen atoms in total. The van der Waals surface area contributed by atoms with Crippen LogP contribution in [-0.4, -0.2) is 126 Å². The number of nitrogens with one attached hydrogen (secondary N) is 5. The van der Waals surface area contributed by atoms with Gasteiger partial charge in [0.15, 0.2) is 10.8 Å². The first-order valence-corrected chi connectivity index (χ1v) is 26.2. The van der Waals surface area contributed by atoms with Crippen LogP contribution >= 0.6 is 11.3 Å². The minimum Gasteiger partial charge on any atom is -1.00 e. The molecule has 1 fully saturated rings. The van der Waals surface area contributed by atoms with Crippen molar-refractivity contribution in [1.82, 2.24) is 26.0 Å². The van der Waals surface area contributed by atoms with Gasteiger partial charge in [-0.25, -0.2) is 43.0 Å². The van der Waals surface area contributed by atoms with Crippen molar-refractivity contribution in [2.24, 2.45) is 12.2 Å². The number of β-lactam (4-membered cyclic amide) rings is 1. The molecule has 28 heteroatoms. The maximum atomic E-state index is 14.0. The van der Waals surface area contributed by atoms with Crippen molar-refractivity contribution >= 4 is 81.3 Å². The number of halogens is 1. The van der Waals surface area contributed by atoms with Crippen LogP contribution in [0, 0.1) is 0 Å². The Morgan fingerprint density at radius 2 is 1.40 bits per heavy atom. The van der Waals surface area contributed by atoms with E-state index in [0.717, 1.165) is 22.5 Å². The van der Waals surface area contributed by atoms with Crippen LogP contribution in [0.15, 0.2) is 53.1 Å². The third-order valence-corrected chi connectivity index (χ3v) is 11.2. The van der Waals surface area contributed by atoms with Gasteiger partial charge >= 0.3 is 30.2 Å². The molecule has 1 unspecified atom stereocenters. The number of alkyl carbamates (subject to hydrolysis) is 2. The van der Waals surface area contributed by atoms with Gasteiger partial charge in [0.2, 0.25) is 0 Å². The van der Waals surface area contributed by atoms with Gasteiger partial charge in [0, 0.05) is 23.6 Å². The summed E-state index contributed by atoms with van der Waals surface area (Å²) in [5, 5.41) is 19.1. The largest absolute Gasteiger partial charge is 1.00 e. The predicted octanol–water partition coefficient (Wildman–Crippen LogP) is 2.85. The van der Waals surface area contributed by atoms with Crippen LogP contribution in [-0.2, 0) is 65.7 Å². The van der Waals surface area contributed by atoms with E-state index in [1.54, 1.807) is 137 Å². The smallest absolute Gasteiger partial charge is 0.413 e. The number of esters is 1. The summed E-state index contributed by atoms with van der Waals surface area (Å²) in [6.07, 6.45) is -0.753. The van der Waals surface area contributed by atoms with Crippen molar-refractivity contribution in [2.45, 2.75) is 162 Å². The first-order chi connectivity index (χ1) is 35.5. The number of pyridine rings is 1.